The van der Waals surface area contributed by atoms with Crippen molar-refractivity contribution >= 4 is 40.7 Å². The number of halogens is 1. The molecule has 0 aromatic heterocycles. The fourth-order valence-electron chi connectivity index (χ4n) is 2.98. The number of amides is 1. The van der Waals surface area contributed by atoms with E-state index in [1.165, 1.54) is 0 Å². The number of ether oxygens (including phenoxy) is 1. The molecular formula is C22H23ClN2O3. The lowest BCUT2D eigenvalue weighted by atomic mass is 10.0. The van der Waals surface area contributed by atoms with Crippen LogP contribution in [0.15, 0.2) is 66.7 Å². The first-order chi connectivity index (χ1) is 13.1. The van der Waals surface area contributed by atoms with Gasteiger partial charge in [0.1, 0.15) is 6.04 Å². The van der Waals surface area contributed by atoms with E-state index in [4.69, 9.17) is 10.5 Å². The van der Waals surface area contributed by atoms with E-state index in [-0.39, 0.29) is 24.9 Å². The van der Waals surface area contributed by atoms with Crippen molar-refractivity contribution < 1.29 is 14.3 Å². The molecule has 5 nitrogen and oxygen atoms in total. The molecule has 0 saturated heterocycles. The molecule has 28 heavy (non-hydrogen) atoms. The maximum atomic E-state index is 12.9. The van der Waals surface area contributed by atoms with Crippen molar-refractivity contribution in [3.8, 4) is 0 Å². The monoisotopic (exact) mass is 398 g/mol. The second-order valence-electron chi connectivity index (χ2n) is 6.25. The Bertz CT molecular complexity index is 952. The smallest absolute Gasteiger partial charge is 0.328 e. The molecule has 0 radical (unpaired) electrons. The molecule has 0 unspecified atom stereocenters. The summed E-state index contributed by atoms with van der Waals surface area (Å²) in [6, 6.07) is 19.6. The van der Waals surface area contributed by atoms with Crippen molar-refractivity contribution in [2.24, 2.45) is 0 Å². The molecule has 146 valence electrons. The molecule has 0 aliphatic heterocycles. The van der Waals surface area contributed by atoms with Gasteiger partial charge in [-0.3, -0.25) is 4.79 Å². The molecule has 3 rings (SSSR count). The van der Waals surface area contributed by atoms with Gasteiger partial charge < -0.3 is 15.8 Å². The summed E-state index contributed by atoms with van der Waals surface area (Å²) in [6.45, 7) is 1.99. The van der Waals surface area contributed by atoms with Gasteiger partial charge in [-0.1, -0.05) is 48.5 Å². The lowest BCUT2D eigenvalue weighted by Crippen LogP contribution is -2.43. The van der Waals surface area contributed by atoms with Crippen molar-refractivity contribution in [3.05, 3.63) is 77.9 Å². The molecule has 0 heterocycles. The zero-order valence-corrected chi connectivity index (χ0v) is 16.4. The van der Waals surface area contributed by atoms with Gasteiger partial charge in [0.2, 0.25) is 0 Å². The number of hydrogen-bond acceptors (Lipinski definition) is 4. The molecule has 1 amide bonds. The molecule has 3 aromatic carbocycles. The minimum atomic E-state index is -0.778. The first kappa shape index (κ1) is 21.3. The molecule has 1 atom stereocenters. The van der Waals surface area contributed by atoms with Crippen LogP contribution < -0.4 is 11.1 Å². The zero-order chi connectivity index (χ0) is 19.2. The number of carbonyl (C=O) groups excluding carboxylic acids is 2. The quantitative estimate of drug-likeness (QED) is 0.489. The molecule has 3 N–H and O–H groups in total. The predicted octanol–water partition coefficient (Wildman–Crippen LogP) is 3.75. The van der Waals surface area contributed by atoms with E-state index in [2.05, 4.69) is 5.32 Å². The van der Waals surface area contributed by atoms with Crippen molar-refractivity contribution in [1.29, 1.82) is 0 Å². The maximum absolute atomic E-state index is 12.9. The topological polar surface area (TPSA) is 81.4 Å². The van der Waals surface area contributed by atoms with E-state index in [1.54, 1.807) is 25.1 Å². The lowest BCUT2D eigenvalue weighted by molar-refractivity contribution is -0.145. The van der Waals surface area contributed by atoms with Gasteiger partial charge in [-0.05, 0) is 41.5 Å². The number of esters is 1. The standard InChI is InChI=1S/C22H22N2O3.ClH/c1-2-27-22(26)20(14-15-10-12-17(23)13-11-15)24-21(25)19-9-5-7-16-6-3-4-8-18(16)19;/h3-13,20H,2,14,23H2,1H3,(H,24,25);1H/t20-;/m0./s1. The van der Waals surface area contributed by atoms with Crippen LogP contribution in [0.5, 0.6) is 0 Å². The number of anilines is 1. The maximum Gasteiger partial charge on any atom is 0.328 e. The molecule has 0 aliphatic rings. The van der Waals surface area contributed by atoms with Crippen LogP contribution in [0.3, 0.4) is 0 Å². The van der Waals surface area contributed by atoms with Gasteiger partial charge in [0.25, 0.3) is 5.91 Å². The molecule has 0 aliphatic carbocycles. The average Bonchev–Trinajstić information content (AvgIpc) is 2.68. The number of hydrogen-bond donors (Lipinski definition) is 2. The number of nitrogen functional groups attached to an aromatic ring is 1. The average molecular weight is 399 g/mol. The third kappa shape index (κ3) is 5.02. The molecule has 3 aromatic rings. The highest BCUT2D eigenvalue weighted by Crippen LogP contribution is 2.19. The van der Waals surface area contributed by atoms with Gasteiger partial charge in [0.05, 0.1) is 6.61 Å². The Balaban J connectivity index is 0.00000280. The Morgan fingerprint density at radius 1 is 1.00 bits per heavy atom. The third-order valence-corrected chi connectivity index (χ3v) is 4.33. The minimum Gasteiger partial charge on any atom is -0.464 e. The van der Waals surface area contributed by atoms with E-state index < -0.39 is 12.0 Å². The minimum absolute atomic E-state index is 0. The first-order valence-electron chi connectivity index (χ1n) is 8.88. The summed E-state index contributed by atoms with van der Waals surface area (Å²) < 4.78 is 5.15. The molecule has 0 fully saturated rings. The van der Waals surface area contributed by atoms with Crippen molar-refractivity contribution in [3.63, 3.8) is 0 Å². The summed E-state index contributed by atoms with van der Waals surface area (Å²) in [5, 5.41) is 4.64. The van der Waals surface area contributed by atoms with Crippen LogP contribution >= 0.6 is 12.4 Å². The number of nitrogens with one attached hydrogen (secondary N) is 1. The van der Waals surface area contributed by atoms with Crippen LogP contribution in [-0.4, -0.2) is 24.5 Å². The number of benzene rings is 3. The highest BCUT2D eigenvalue weighted by atomic mass is 35.5. The van der Waals surface area contributed by atoms with Crippen LogP contribution in [0, 0.1) is 0 Å². The van der Waals surface area contributed by atoms with Gasteiger partial charge in [-0.25, -0.2) is 4.79 Å². The summed E-state index contributed by atoms with van der Waals surface area (Å²) in [5.41, 5.74) is 7.77. The Labute approximate surface area is 170 Å². The van der Waals surface area contributed by atoms with Gasteiger partial charge in [-0.2, -0.15) is 0 Å². The molecule has 0 bridgehead atoms. The second-order valence-corrected chi connectivity index (χ2v) is 6.25. The number of rotatable bonds is 6. The normalized spacial score (nSPS) is 11.3. The van der Waals surface area contributed by atoms with Gasteiger partial charge in [0, 0.05) is 17.7 Å². The Kier molecular flexibility index (Phi) is 7.41. The van der Waals surface area contributed by atoms with E-state index >= 15 is 0 Å². The molecule has 0 saturated carbocycles. The van der Waals surface area contributed by atoms with Crippen LogP contribution in [0.2, 0.25) is 0 Å². The summed E-state index contributed by atoms with van der Waals surface area (Å²) >= 11 is 0. The highest BCUT2D eigenvalue weighted by Gasteiger charge is 2.23. The Morgan fingerprint density at radius 2 is 1.68 bits per heavy atom. The van der Waals surface area contributed by atoms with Gasteiger partial charge >= 0.3 is 5.97 Å². The molecule has 0 spiro atoms. The van der Waals surface area contributed by atoms with E-state index in [0.29, 0.717) is 17.7 Å². The Morgan fingerprint density at radius 3 is 2.39 bits per heavy atom. The van der Waals surface area contributed by atoms with Crippen molar-refractivity contribution in [2.75, 3.05) is 12.3 Å². The highest BCUT2D eigenvalue weighted by molar-refractivity contribution is 6.08. The van der Waals surface area contributed by atoms with Crippen LogP contribution in [-0.2, 0) is 16.0 Å². The zero-order valence-electron chi connectivity index (χ0n) is 15.6. The van der Waals surface area contributed by atoms with E-state index in [9.17, 15) is 9.59 Å². The number of fused-ring (bicyclic) bond motifs is 1. The second kappa shape index (κ2) is 9.76. The van der Waals surface area contributed by atoms with Crippen molar-refractivity contribution in [2.45, 2.75) is 19.4 Å². The SMILES string of the molecule is CCOC(=O)[C@H](Cc1ccc(N)cc1)NC(=O)c1cccc2ccccc12.Cl. The van der Waals surface area contributed by atoms with Crippen LogP contribution in [0.1, 0.15) is 22.8 Å². The number of nitrogens with two attached hydrogens (primary N) is 1. The van der Waals surface area contributed by atoms with E-state index in [1.807, 2.05) is 48.5 Å². The summed E-state index contributed by atoms with van der Waals surface area (Å²) in [4.78, 5) is 25.3. The fourth-order valence-corrected chi connectivity index (χ4v) is 2.98. The fraction of sp³-hybridized carbons (Fsp3) is 0.182. The largest absolute Gasteiger partial charge is 0.464 e. The van der Waals surface area contributed by atoms with Gasteiger partial charge in [0.15, 0.2) is 0 Å². The van der Waals surface area contributed by atoms with Crippen molar-refractivity contribution in [1.82, 2.24) is 5.32 Å². The summed E-state index contributed by atoms with van der Waals surface area (Å²) in [6.07, 6.45) is 0.329. The Hall–Kier alpha value is -3.05. The summed E-state index contributed by atoms with van der Waals surface area (Å²) in [5.74, 6) is -0.761. The number of carbonyl (C=O) groups is 2. The van der Waals surface area contributed by atoms with Gasteiger partial charge in [-0.15, -0.1) is 12.4 Å². The summed E-state index contributed by atoms with van der Waals surface area (Å²) in [7, 11) is 0. The third-order valence-electron chi connectivity index (χ3n) is 4.33. The van der Waals surface area contributed by atoms with Crippen LogP contribution in [0.25, 0.3) is 10.8 Å². The predicted molar refractivity (Wildman–Crippen MR) is 114 cm³/mol. The van der Waals surface area contributed by atoms with E-state index in [0.717, 1.165) is 16.3 Å². The van der Waals surface area contributed by atoms with Crippen LogP contribution in [0.4, 0.5) is 5.69 Å². The molecular weight excluding hydrogens is 376 g/mol. The molecule has 6 heteroatoms. The lowest BCUT2D eigenvalue weighted by Gasteiger charge is -2.18. The first-order valence-corrected chi connectivity index (χ1v) is 8.88.